The first-order valence-electron chi connectivity index (χ1n) is 10.8. The molecule has 5 rings (SSSR count). The zero-order valence-electron chi connectivity index (χ0n) is 17.5. The van der Waals surface area contributed by atoms with Crippen LogP contribution in [0.2, 0.25) is 0 Å². The molecule has 31 heavy (non-hydrogen) atoms. The molecule has 2 aliphatic heterocycles. The Kier molecular flexibility index (Phi) is 5.06. The third-order valence-electron chi connectivity index (χ3n) is 6.68. The lowest BCUT2D eigenvalue weighted by Crippen LogP contribution is -2.49. The van der Waals surface area contributed by atoms with Crippen molar-refractivity contribution in [1.29, 1.82) is 0 Å². The van der Waals surface area contributed by atoms with Crippen molar-refractivity contribution in [3.63, 3.8) is 0 Å². The van der Waals surface area contributed by atoms with Gasteiger partial charge in [-0.25, -0.2) is 4.39 Å². The minimum absolute atomic E-state index is 0.190. The topological polar surface area (TPSA) is 42.4 Å². The first kappa shape index (κ1) is 19.9. The van der Waals surface area contributed by atoms with Crippen molar-refractivity contribution in [3.8, 4) is 22.6 Å². The number of halogens is 1. The van der Waals surface area contributed by atoms with Crippen molar-refractivity contribution in [2.45, 2.75) is 31.5 Å². The molecule has 3 heterocycles. The highest BCUT2D eigenvalue weighted by Crippen LogP contribution is 2.50. The minimum atomic E-state index is -1.89. The van der Waals surface area contributed by atoms with E-state index < -0.39 is 5.79 Å². The van der Waals surface area contributed by atoms with E-state index in [1.54, 1.807) is 17.3 Å². The smallest absolute Gasteiger partial charge is 0.216 e. The van der Waals surface area contributed by atoms with Crippen molar-refractivity contribution in [1.82, 2.24) is 9.88 Å². The number of hydrogen-bond donors (Lipinski definition) is 0. The van der Waals surface area contributed by atoms with E-state index >= 15 is 0 Å². The van der Waals surface area contributed by atoms with Gasteiger partial charge in [0.05, 0.1) is 0 Å². The van der Waals surface area contributed by atoms with Gasteiger partial charge < -0.3 is 4.74 Å². The average Bonchev–Trinajstić information content (AvgIpc) is 2.83. The lowest BCUT2D eigenvalue weighted by atomic mass is 9.74. The van der Waals surface area contributed by atoms with E-state index in [4.69, 9.17) is 4.74 Å². The zero-order chi connectivity index (χ0) is 21.4. The molecular formula is C26H25FN2O2. The molecule has 2 aromatic carbocycles. The van der Waals surface area contributed by atoms with Crippen molar-refractivity contribution in [3.05, 3.63) is 78.1 Å². The lowest BCUT2D eigenvalue weighted by Gasteiger charge is -2.41. The summed E-state index contributed by atoms with van der Waals surface area (Å²) in [5, 5.41) is 0. The number of ether oxygens (including phenoxy) is 1. The number of aromatic nitrogens is 1. The molecule has 1 saturated heterocycles. The molecule has 0 saturated carbocycles. The summed E-state index contributed by atoms with van der Waals surface area (Å²) < 4.78 is 20.8. The van der Waals surface area contributed by atoms with E-state index in [0.29, 0.717) is 25.3 Å². The van der Waals surface area contributed by atoms with Crippen LogP contribution in [-0.2, 0) is 4.79 Å². The molecule has 4 nitrogen and oxygen atoms in total. The summed E-state index contributed by atoms with van der Waals surface area (Å²) >= 11 is 0. The number of fused-ring (bicyclic) bond motifs is 2. The molecule has 0 bridgehead atoms. The maximum absolute atomic E-state index is 14.5. The Bertz CT molecular complexity index is 1090. The number of pyridine rings is 1. The van der Waals surface area contributed by atoms with Crippen LogP contribution >= 0.6 is 0 Å². The second-order valence-electron chi connectivity index (χ2n) is 8.57. The van der Waals surface area contributed by atoms with Crippen LogP contribution in [0.1, 0.15) is 36.8 Å². The number of likely N-dealkylation sites (tertiary alicyclic amines) is 1. The molecule has 0 radical (unpaired) electrons. The Balaban J connectivity index is 1.49. The van der Waals surface area contributed by atoms with Gasteiger partial charge in [0.1, 0.15) is 11.5 Å². The lowest BCUT2D eigenvalue weighted by molar-refractivity contribution is -0.131. The van der Waals surface area contributed by atoms with Gasteiger partial charge in [-0.05, 0) is 61.1 Å². The quantitative estimate of drug-likeness (QED) is 0.411. The Morgan fingerprint density at radius 2 is 1.71 bits per heavy atom. The molecule has 0 spiro atoms. The first-order chi connectivity index (χ1) is 15.1. The number of benzene rings is 2. The van der Waals surface area contributed by atoms with Crippen LogP contribution in [0.25, 0.3) is 11.1 Å². The van der Waals surface area contributed by atoms with Crippen LogP contribution < -0.4 is 4.74 Å². The summed E-state index contributed by atoms with van der Waals surface area (Å²) in [5.41, 5.74) is 4.55. The van der Waals surface area contributed by atoms with Crippen LogP contribution in [0.3, 0.4) is 0 Å². The normalized spacial score (nSPS) is 20.8. The zero-order valence-corrected chi connectivity index (χ0v) is 17.5. The predicted octanol–water partition coefficient (Wildman–Crippen LogP) is 5.58. The van der Waals surface area contributed by atoms with E-state index in [0.717, 1.165) is 35.5 Å². The second kappa shape index (κ2) is 7.89. The molecule has 2 atom stereocenters. The van der Waals surface area contributed by atoms with Crippen molar-refractivity contribution in [2.75, 3.05) is 13.1 Å². The molecule has 1 fully saturated rings. The van der Waals surface area contributed by atoms with Crippen LogP contribution in [0.15, 0.2) is 67.0 Å². The molecule has 3 aromatic rings. The van der Waals surface area contributed by atoms with Crippen LogP contribution in [-0.4, -0.2) is 35.1 Å². The van der Waals surface area contributed by atoms with Gasteiger partial charge in [0.25, 0.3) is 0 Å². The number of carbonyl (C=O) groups is 1. The summed E-state index contributed by atoms with van der Waals surface area (Å²) in [6.07, 6.45) is 5.65. The summed E-state index contributed by atoms with van der Waals surface area (Å²) in [7, 11) is 0. The van der Waals surface area contributed by atoms with E-state index in [9.17, 15) is 9.18 Å². The fourth-order valence-corrected chi connectivity index (χ4v) is 4.97. The van der Waals surface area contributed by atoms with E-state index in [2.05, 4.69) is 29.2 Å². The maximum Gasteiger partial charge on any atom is 0.216 e. The summed E-state index contributed by atoms with van der Waals surface area (Å²) in [6, 6.07) is 18.6. The molecule has 158 valence electrons. The summed E-state index contributed by atoms with van der Waals surface area (Å²) in [4.78, 5) is 16.9. The van der Waals surface area contributed by atoms with Gasteiger partial charge in [0.2, 0.25) is 5.79 Å². The monoisotopic (exact) mass is 416 g/mol. The number of nitrogens with zero attached hydrogens (tertiary/aromatic N) is 2. The van der Waals surface area contributed by atoms with Gasteiger partial charge in [-0.15, -0.1) is 0 Å². The highest BCUT2D eigenvalue weighted by molar-refractivity contribution is 5.68. The van der Waals surface area contributed by atoms with E-state index in [1.807, 2.05) is 30.3 Å². The van der Waals surface area contributed by atoms with Crippen molar-refractivity contribution >= 4 is 6.29 Å². The van der Waals surface area contributed by atoms with E-state index in [1.165, 1.54) is 18.1 Å². The van der Waals surface area contributed by atoms with Crippen molar-refractivity contribution in [2.24, 2.45) is 5.92 Å². The minimum Gasteiger partial charge on any atom is -0.457 e. The maximum atomic E-state index is 14.5. The Labute approximate surface area is 181 Å². The average molecular weight is 416 g/mol. The largest absolute Gasteiger partial charge is 0.457 e. The number of para-hydroxylation sites is 1. The van der Waals surface area contributed by atoms with E-state index in [-0.39, 0.29) is 5.92 Å². The predicted molar refractivity (Wildman–Crippen MR) is 118 cm³/mol. The number of aldehydes is 1. The van der Waals surface area contributed by atoms with Gasteiger partial charge in [-0.1, -0.05) is 30.3 Å². The van der Waals surface area contributed by atoms with Gasteiger partial charge in [0.15, 0.2) is 6.29 Å². The fraction of sp³-hybridized carbons (Fsp3) is 0.308. The second-order valence-corrected chi connectivity index (χ2v) is 8.57. The first-order valence-corrected chi connectivity index (χ1v) is 10.8. The van der Waals surface area contributed by atoms with Crippen LogP contribution in [0.5, 0.6) is 11.5 Å². The molecule has 0 N–H and O–H groups in total. The summed E-state index contributed by atoms with van der Waals surface area (Å²) in [5.74, 6) is 0.418. The molecule has 1 aromatic heterocycles. The molecule has 2 unspecified atom stereocenters. The highest BCUT2D eigenvalue weighted by atomic mass is 19.1. The van der Waals surface area contributed by atoms with Crippen LogP contribution in [0, 0.1) is 5.92 Å². The number of piperidine rings is 1. The molecule has 5 heteroatoms. The SMILES string of the molecule is CC(F)(C=O)N1CCC(C2c3ccccc3Oc3cc(-c4ccncc4)ccc32)CC1. The highest BCUT2D eigenvalue weighted by Gasteiger charge is 2.39. The van der Waals surface area contributed by atoms with Crippen molar-refractivity contribution < 1.29 is 13.9 Å². The Morgan fingerprint density at radius 3 is 2.45 bits per heavy atom. The number of alkyl halides is 1. The fourth-order valence-electron chi connectivity index (χ4n) is 4.97. The number of carbonyl (C=O) groups excluding carboxylic acids is 1. The molecule has 0 aliphatic carbocycles. The number of rotatable bonds is 4. The van der Waals surface area contributed by atoms with Gasteiger partial charge >= 0.3 is 0 Å². The Morgan fingerprint density at radius 1 is 1.00 bits per heavy atom. The Hall–Kier alpha value is -3.05. The van der Waals surface area contributed by atoms with Gasteiger partial charge in [0, 0.05) is 42.5 Å². The third kappa shape index (κ3) is 3.63. The van der Waals surface area contributed by atoms with Gasteiger partial charge in [-0.2, -0.15) is 0 Å². The molecule has 2 aliphatic rings. The molecular weight excluding hydrogens is 391 g/mol. The third-order valence-corrected chi connectivity index (χ3v) is 6.68. The van der Waals surface area contributed by atoms with Crippen LogP contribution in [0.4, 0.5) is 4.39 Å². The molecule has 0 amide bonds. The summed E-state index contributed by atoms with van der Waals surface area (Å²) in [6.45, 7) is 2.49. The van der Waals surface area contributed by atoms with Gasteiger partial charge in [-0.3, -0.25) is 14.7 Å². The standard InChI is InChI=1S/C26H25FN2O2/c1-26(27,17-30)29-14-10-19(11-15-29)25-21-4-2-3-5-23(21)31-24-16-20(6-7-22(24)25)18-8-12-28-13-9-18/h2-9,12-13,16-17,19,25H,10-11,14-15H2,1H3. The number of hydrogen-bond acceptors (Lipinski definition) is 4.